The van der Waals surface area contributed by atoms with Crippen molar-refractivity contribution in [3.63, 3.8) is 0 Å². The van der Waals surface area contributed by atoms with E-state index in [-0.39, 0.29) is 17.9 Å². The van der Waals surface area contributed by atoms with E-state index in [9.17, 15) is 14.4 Å². The molecule has 7 nitrogen and oxygen atoms in total. The van der Waals surface area contributed by atoms with E-state index in [1.54, 1.807) is 37.4 Å². The monoisotopic (exact) mass is 491 g/mol. The summed E-state index contributed by atoms with van der Waals surface area (Å²) < 4.78 is 5.42. The van der Waals surface area contributed by atoms with Gasteiger partial charge in [-0.15, -0.1) is 0 Å². The molecule has 2 rings (SSSR count). The first kappa shape index (κ1) is 28.0. The summed E-state index contributed by atoms with van der Waals surface area (Å²) in [4.78, 5) is 41.5. The van der Waals surface area contributed by atoms with Gasteiger partial charge in [-0.1, -0.05) is 50.1 Å². The van der Waals surface area contributed by atoms with Gasteiger partial charge in [0.2, 0.25) is 11.8 Å². The van der Waals surface area contributed by atoms with Crippen LogP contribution in [0.2, 0.25) is 0 Å². The molecule has 1 fully saturated rings. The number of benzene rings is 1. The third kappa shape index (κ3) is 9.20. The van der Waals surface area contributed by atoms with E-state index in [2.05, 4.69) is 17.6 Å². The second kappa shape index (κ2) is 13.6. The third-order valence-corrected chi connectivity index (χ3v) is 6.16. The Morgan fingerprint density at radius 3 is 2.38 bits per heavy atom. The van der Waals surface area contributed by atoms with Gasteiger partial charge in [-0.2, -0.15) is 11.8 Å². The predicted molar refractivity (Wildman–Crippen MR) is 138 cm³/mol. The largest absolute Gasteiger partial charge is 0.444 e. The lowest BCUT2D eigenvalue weighted by Gasteiger charge is -2.34. The van der Waals surface area contributed by atoms with Crippen LogP contribution in [0, 0.1) is 0 Å². The number of nitrogens with one attached hydrogen (secondary N) is 2. The average molecular weight is 492 g/mol. The van der Waals surface area contributed by atoms with Crippen LogP contribution in [0.15, 0.2) is 30.3 Å². The second-order valence-corrected chi connectivity index (χ2v) is 10.8. The summed E-state index contributed by atoms with van der Waals surface area (Å²) in [6, 6.07) is 7.92. The molecular formula is C26H41N3O4S. The fourth-order valence-electron chi connectivity index (χ4n) is 3.75. The highest BCUT2D eigenvalue weighted by Gasteiger charge is 2.43. The van der Waals surface area contributed by atoms with Crippen molar-refractivity contribution >= 4 is 29.7 Å². The molecule has 1 aromatic carbocycles. The summed E-state index contributed by atoms with van der Waals surface area (Å²) in [6.45, 7) is 8.06. The molecule has 1 aliphatic carbocycles. The van der Waals surface area contributed by atoms with E-state index in [0.717, 1.165) is 37.7 Å². The number of alkyl carbamates (subject to hydrolysis) is 1. The number of hydrogen-bond acceptors (Lipinski definition) is 5. The molecule has 0 saturated heterocycles. The molecule has 2 unspecified atom stereocenters. The number of hydrogen-bond donors (Lipinski definition) is 2. The first-order chi connectivity index (χ1) is 16.2. The molecule has 190 valence electrons. The molecule has 1 saturated carbocycles. The Hall–Kier alpha value is -2.22. The summed E-state index contributed by atoms with van der Waals surface area (Å²) in [6.07, 6.45) is 6.50. The van der Waals surface area contributed by atoms with Gasteiger partial charge in [0.25, 0.3) is 0 Å². The molecule has 0 heterocycles. The van der Waals surface area contributed by atoms with Crippen molar-refractivity contribution in [3.8, 4) is 0 Å². The van der Waals surface area contributed by atoms with Crippen molar-refractivity contribution in [2.24, 2.45) is 0 Å². The summed E-state index contributed by atoms with van der Waals surface area (Å²) in [7, 11) is 0. The van der Waals surface area contributed by atoms with Gasteiger partial charge < -0.3 is 20.3 Å². The normalized spacial score (nSPS) is 15.2. The number of ether oxygens (including phenoxy) is 1. The van der Waals surface area contributed by atoms with Crippen LogP contribution in [0.1, 0.15) is 77.8 Å². The van der Waals surface area contributed by atoms with Crippen LogP contribution in [0.3, 0.4) is 0 Å². The van der Waals surface area contributed by atoms with Crippen LogP contribution in [-0.4, -0.2) is 59.0 Å². The van der Waals surface area contributed by atoms with E-state index < -0.39 is 23.8 Å². The van der Waals surface area contributed by atoms with E-state index in [4.69, 9.17) is 4.74 Å². The molecule has 3 amide bonds. The van der Waals surface area contributed by atoms with Gasteiger partial charge in [0.05, 0.1) is 0 Å². The maximum Gasteiger partial charge on any atom is 0.408 e. The Kier molecular flexibility index (Phi) is 11.2. The molecule has 2 atom stereocenters. The van der Waals surface area contributed by atoms with E-state index in [0.29, 0.717) is 18.7 Å². The Morgan fingerprint density at radius 2 is 1.82 bits per heavy atom. The summed E-state index contributed by atoms with van der Waals surface area (Å²) in [5, 5.41) is 5.82. The molecule has 0 aliphatic heterocycles. The average Bonchev–Trinajstić information content (AvgIpc) is 3.61. The molecule has 1 aliphatic rings. The van der Waals surface area contributed by atoms with E-state index >= 15 is 0 Å². The van der Waals surface area contributed by atoms with Crippen LogP contribution in [-0.2, 0) is 14.3 Å². The van der Waals surface area contributed by atoms with Crippen LogP contribution in [0.4, 0.5) is 4.79 Å². The topological polar surface area (TPSA) is 87.7 Å². The number of carbonyl (C=O) groups is 3. The zero-order valence-corrected chi connectivity index (χ0v) is 22.1. The summed E-state index contributed by atoms with van der Waals surface area (Å²) >= 11 is 1.61. The van der Waals surface area contributed by atoms with Gasteiger partial charge in [-0.3, -0.25) is 9.59 Å². The second-order valence-electron chi connectivity index (χ2n) is 9.77. The zero-order valence-electron chi connectivity index (χ0n) is 21.3. The minimum Gasteiger partial charge on any atom is -0.444 e. The first-order valence-corrected chi connectivity index (χ1v) is 13.7. The highest BCUT2D eigenvalue weighted by molar-refractivity contribution is 7.98. The van der Waals surface area contributed by atoms with Crippen LogP contribution in [0.5, 0.6) is 0 Å². The van der Waals surface area contributed by atoms with Crippen LogP contribution in [0.25, 0.3) is 0 Å². The van der Waals surface area contributed by atoms with Crippen molar-refractivity contribution in [3.05, 3.63) is 35.9 Å². The molecule has 0 radical (unpaired) electrons. The maximum atomic E-state index is 13.9. The van der Waals surface area contributed by atoms with Crippen molar-refractivity contribution in [1.29, 1.82) is 0 Å². The molecule has 0 spiro atoms. The van der Waals surface area contributed by atoms with Gasteiger partial charge in [-0.25, -0.2) is 4.79 Å². The molecule has 0 bridgehead atoms. The van der Waals surface area contributed by atoms with Crippen molar-refractivity contribution in [2.75, 3.05) is 18.6 Å². The molecular weight excluding hydrogens is 450 g/mol. The van der Waals surface area contributed by atoms with Crippen molar-refractivity contribution in [2.45, 2.75) is 89.9 Å². The minimum atomic E-state index is -0.762. The maximum absolute atomic E-state index is 13.9. The zero-order chi connectivity index (χ0) is 25.1. The Morgan fingerprint density at radius 1 is 1.15 bits per heavy atom. The van der Waals surface area contributed by atoms with E-state index in [1.807, 2.05) is 36.6 Å². The predicted octanol–water partition coefficient (Wildman–Crippen LogP) is 4.67. The fraction of sp³-hybridized carbons (Fsp3) is 0.654. The molecule has 0 aromatic heterocycles. The minimum absolute atomic E-state index is 0.0173. The quantitative estimate of drug-likeness (QED) is 0.392. The molecule has 2 N–H and O–H groups in total. The standard InChI is InChI=1S/C26H41N3O4S/c1-6-7-11-17-27-23(30)22(19-12-9-8-10-13-19)29(20-14-15-20)24(31)21(16-18-34-5)28-25(32)33-26(2,3)4/h8-10,12-13,20-22H,6-7,11,14-18H2,1-5H3,(H,27,30)(H,28,32). The van der Waals surface area contributed by atoms with Crippen molar-refractivity contribution in [1.82, 2.24) is 15.5 Å². The van der Waals surface area contributed by atoms with Crippen LogP contribution >= 0.6 is 11.8 Å². The molecule has 1 aromatic rings. The number of nitrogens with zero attached hydrogens (tertiary/aromatic N) is 1. The summed E-state index contributed by atoms with van der Waals surface area (Å²) in [5.74, 6) is 0.285. The van der Waals surface area contributed by atoms with Gasteiger partial charge in [-0.05, 0) is 64.0 Å². The van der Waals surface area contributed by atoms with Gasteiger partial charge in [0.1, 0.15) is 17.7 Å². The number of thioether (sulfide) groups is 1. The molecule has 34 heavy (non-hydrogen) atoms. The van der Waals surface area contributed by atoms with E-state index in [1.165, 1.54) is 0 Å². The van der Waals surface area contributed by atoms with Crippen molar-refractivity contribution < 1.29 is 19.1 Å². The van der Waals surface area contributed by atoms with Crippen LogP contribution < -0.4 is 10.6 Å². The Balaban J connectivity index is 2.31. The Labute approximate surface area is 208 Å². The van der Waals surface area contributed by atoms with Gasteiger partial charge >= 0.3 is 6.09 Å². The number of carbonyl (C=O) groups excluding carboxylic acids is 3. The lowest BCUT2D eigenvalue weighted by atomic mass is 10.0. The summed E-state index contributed by atoms with van der Waals surface area (Å²) in [5.41, 5.74) is 0.106. The highest BCUT2D eigenvalue weighted by Crippen LogP contribution is 2.35. The highest BCUT2D eigenvalue weighted by atomic mass is 32.2. The Bertz CT molecular complexity index is 793. The van der Waals surface area contributed by atoms with Gasteiger partial charge in [0.15, 0.2) is 0 Å². The smallest absolute Gasteiger partial charge is 0.408 e. The number of amides is 3. The fourth-order valence-corrected chi connectivity index (χ4v) is 4.22. The van der Waals surface area contributed by atoms with Gasteiger partial charge in [0, 0.05) is 12.6 Å². The first-order valence-electron chi connectivity index (χ1n) is 12.3. The third-order valence-electron chi connectivity index (χ3n) is 5.52. The number of unbranched alkanes of at least 4 members (excludes halogenated alkanes) is 2. The lowest BCUT2D eigenvalue weighted by molar-refractivity contribution is -0.143. The molecule has 8 heteroatoms. The SMILES string of the molecule is CCCCCNC(=O)C(c1ccccc1)N(C(=O)C(CCSC)NC(=O)OC(C)(C)C)C1CC1. The lowest BCUT2D eigenvalue weighted by Crippen LogP contribution is -2.54. The number of rotatable bonds is 13.